The SMILES string of the molecule is CC(=O)O[C@@]12CCN(C(C)=O)[C@@H]1N(C(C)=O)c1ccc(F)cc12. The van der Waals surface area contributed by atoms with E-state index in [2.05, 4.69) is 0 Å². The van der Waals surface area contributed by atoms with Gasteiger partial charge < -0.3 is 9.64 Å². The van der Waals surface area contributed by atoms with Crippen molar-refractivity contribution in [3.05, 3.63) is 29.6 Å². The fraction of sp³-hybridized carbons (Fsp3) is 0.438. The van der Waals surface area contributed by atoms with Gasteiger partial charge in [-0.05, 0) is 18.2 Å². The molecule has 23 heavy (non-hydrogen) atoms. The predicted molar refractivity (Wildman–Crippen MR) is 78.8 cm³/mol. The van der Waals surface area contributed by atoms with Gasteiger partial charge in [0.1, 0.15) is 5.82 Å². The van der Waals surface area contributed by atoms with Crippen LogP contribution in [0, 0.1) is 5.82 Å². The zero-order valence-electron chi connectivity index (χ0n) is 13.1. The summed E-state index contributed by atoms with van der Waals surface area (Å²) in [7, 11) is 0. The summed E-state index contributed by atoms with van der Waals surface area (Å²) in [5.74, 6) is -1.56. The quantitative estimate of drug-likeness (QED) is 0.736. The highest BCUT2D eigenvalue weighted by molar-refractivity contribution is 5.97. The number of ether oxygens (including phenoxy) is 1. The van der Waals surface area contributed by atoms with Gasteiger partial charge in [-0.3, -0.25) is 19.3 Å². The van der Waals surface area contributed by atoms with E-state index >= 15 is 0 Å². The lowest BCUT2D eigenvalue weighted by molar-refractivity contribution is -0.162. The molecule has 2 atom stereocenters. The van der Waals surface area contributed by atoms with Crippen LogP contribution in [0.25, 0.3) is 0 Å². The molecular formula is C16H17FN2O4. The van der Waals surface area contributed by atoms with Crippen LogP contribution in [0.3, 0.4) is 0 Å². The summed E-state index contributed by atoms with van der Waals surface area (Å²) < 4.78 is 19.4. The molecule has 1 aromatic carbocycles. The van der Waals surface area contributed by atoms with E-state index in [0.717, 1.165) is 0 Å². The van der Waals surface area contributed by atoms with Gasteiger partial charge in [-0.2, -0.15) is 0 Å². The molecule has 2 aliphatic heterocycles. The second-order valence-electron chi connectivity index (χ2n) is 5.87. The second-order valence-corrected chi connectivity index (χ2v) is 5.87. The summed E-state index contributed by atoms with van der Waals surface area (Å²) in [6.45, 7) is 4.35. The summed E-state index contributed by atoms with van der Waals surface area (Å²) in [4.78, 5) is 38.7. The van der Waals surface area contributed by atoms with Crippen LogP contribution in [0.4, 0.5) is 10.1 Å². The van der Waals surface area contributed by atoms with Crippen molar-refractivity contribution in [2.75, 3.05) is 11.4 Å². The van der Waals surface area contributed by atoms with Crippen LogP contribution < -0.4 is 4.90 Å². The smallest absolute Gasteiger partial charge is 0.303 e. The van der Waals surface area contributed by atoms with Crippen molar-refractivity contribution in [1.29, 1.82) is 0 Å². The topological polar surface area (TPSA) is 66.9 Å². The van der Waals surface area contributed by atoms with Crippen LogP contribution in [0.2, 0.25) is 0 Å². The fourth-order valence-electron chi connectivity index (χ4n) is 3.69. The third-order valence-corrected chi connectivity index (χ3v) is 4.42. The molecule has 0 aliphatic carbocycles. The molecule has 0 aromatic heterocycles. The molecule has 1 fully saturated rings. The van der Waals surface area contributed by atoms with Crippen molar-refractivity contribution >= 4 is 23.5 Å². The number of esters is 1. The molecule has 6 nitrogen and oxygen atoms in total. The molecule has 2 aliphatic rings. The predicted octanol–water partition coefficient (Wildman–Crippen LogP) is 1.53. The Morgan fingerprint density at radius 1 is 1.22 bits per heavy atom. The summed E-state index contributed by atoms with van der Waals surface area (Å²) in [5, 5.41) is 0. The number of benzene rings is 1. The number of carbonyl (C=O) groups is 3. The molecule has 7 heteroatoms. The number of amides is 2. The lowest BCUT2D eigenvalue weighted by Crippen LogP contribution is -2.54. The Kier molecular flexibility index (Phi) is 3.39. The summed E-state index contributed by atoms with van der Waals surface area (Å²) in [6, 6.07) is 4.00. The van der Waals surface area contributed by atoms with E-state index in [1.807, 2.05) is 0 Å². The van der Waals surface area contributed by atoms with Gasteiger partial charge in [0.15, 0.2) is 11.8 Å². The van der Waals surface area contributed by atoms with Gasteiger partial charge in [0, 0.05) is 39.3 Å². The van der Waals surface area contributed by atoms with Crippen molar-refractivity contribution in [3.63, 3.8) is 0 Å². The van der Waals surface area contributed by atoms with E-state index in [1.165, 1.54) is 48.8 Å². The Balaban J connectivity index is 2.25. The first-order valence-corrected chi connectivity index (χ1v) is 7.34. The number of hydrogen-bond donors (Lipinski definition) is 0. The molecule has 0 unspecified atom stereocenters. The van der Waals surface area contributed by atoms with Gasteiger partial charge in [0.05, 0.1) is 5.69 Å². The molecule has 2 amide bonds. The third kappa shape index (κ3) is 2.10. The van der Waals surface area contributed by atoms with Gasteiger partial charge in [-0.25, -0.2) is 4.39 Å². The monoisotopic (exact) mass is 320 g/mol. The van der Waals surface area contributed by atoms with Gasteiger partial charge in [0.25, 0.3) is 0 Å². The molecule has 0 radical (unpaired) electrons. The van der Waals surface area contributed by atoms with E-state index in [0.29, 0.717) is 24.2 Å². The minimum absolute atomic E-state index is 0.233. The maximum Gasteiger partial charge on any atom is 0.303 e. The van der Waals surface area contributed by atoms with Crippen molar-refractivity contribution in [2.24, 2.45) is 0 Å². The maximum atomic E-state index is 13.8. The maximum absolute atomic E-state index is 13.8. The van der Waals surface area contributed by atoms with Crippen LogP contribution in [0.15, 0.2) is 18.2 Å². The first-order chi connectivity index (χ1) is 10.8. The number of rotatable bonds is 1. The average Bonchev–Trinajstić information content (AvgIpc) is 2.90. The Morgan fingerprint density at radius 2 is 1.91 bits per heavy atom. The van der Waals surface area contributed by atoms with Crippen LogP contribution in [0.5, 0.6) is 0 Å². The first kappa shape index (κ1) is 15.5. The molecule has 0 bridgehead atoms. The molecule has 0 spiro atoms. The van der Waals surface area contributed by atoms with E-state index in [9.17, 15) is 18.8 Å². The summed E-state index contributed by atoms with van der Waals surface area (Å²) in [6.07, 6.45) is -0.463. The van der Waals surface area contributed by atoms with Crippen molar-refractivity contribution < 1.29 is 23.5 Å². The molecule has 0 N–H and O–H groups in total. The summed E-state index contributed by atoms with van der Waals surface area (Å²) >= 11 is 0. The largest absolute Gasteiger partial charge is 0.450 e. The normalized spacial score (nSPS) is 25.1. The molecule has 0 saturated carbocycles. The van der Waals surface area contributed by atoms with Gasteiger partial charge >= 0.3 is 5.97 Å². The lowest BCUT2D eigenvalue weighted by atomic mass is 9.92. The molecule has 122 valence electrons. The third-order valence-electron chi connectivity index (χ3n) is 4.42. The lowest BCUT2D eigenvalue weighted by Gasteiger charge is -2.35. The number of halogens is 1. The van der Waals surface area contributed by atoms with Gasteiger partial charge in [0.2, 0.25) is 11.8 Å². The molecule has 1 saturated heterocycles. The van der Waals surface area contributed by atoms with Gasteiger partial charge in [-0.15, -0.1) is 0 Å². The van der Waals surface area contributed by atoms with Crippen molar-refractivity contribution in [1.82, 2.24) is 4.90 Å². The Bertz CT molecular complexity index is 720. The van der Waals surface area contributed by atoms with E-state index in [4.69, 9.17) is 4.74 Å². The highest BCUT2D eigenvalue weighted by atomic mass is 19.1. The number of likely N-dealkylation sites (tertiary alicyclic amines) is 1. The minimum atomic E-state index is -1.22. The standard InChI is InChI=1S/C16H17FN2O4/c1-9(20)18-7-6-16(23-11(3)22)13-8-12(17)4-5-14(13)19(10(2)21)15(16)18/h4-5,8,15H,6-7H2,1-3H3/t15-,16-/m1/s1. The van der Waals surface area contributed by atoms with Crippen LogP contribution in [-0.2, 0) is 24.7 Å². The first-order valence-electron chi connectivity index (χ1n) is 7.34. The molecular weight excluding hydrogens is 303 g/mol. The Morgan fingerprint density at radius 3 is 2.48 bits per heavy atom. The van der Waals surface area contributed by atoms with Crippen LogP contribution >= 0.6 is 0 Å². The molecule has 1 aromatic rings. The highest BCUT2D eigenvalue weighted by Crippen LogP contribution is 2.53. The highest BCUT2D eigenvalue weighted by Gasteiger charge is 2.62. The van der Waals surface area contributed by atoms with Gasteiger partial charge in [-0.1, -0.05) is 0 Å². The van der Waals surface area contributed by atoms with E-state index in [-0.39, 0.29) is 11.8 Å². The number of carbonyl (C=O) groups excluding carboxylic acids is 3. The van der Waals surface area contributed by atoms with Crippen LogP contribution in [0.1, 0.15) is 32.8 Å². The summed E-state index contributed by atoms with van der Waals surface area (Å²) in [5.41, 5.74) is -0.326. The zero-order valence-corrected chi connectivity index (χ0v) is 13.1. The second kappa shape index (κ2) is 5.04. The number of fused-ring (bicyclic) bond motifs is 3. The number of nitrogens with zero attached hydrogens (tertiary/aromatic N) is 2. The number of hydrogen-bond acceptors (Lipinski definition) is 4. The fourth-order valence-corrected chi connectivity index (χ4v) is 3.69. The zero-order chi connectivity index (χ0) is 16.9. The minimum Gasteiger partial charge on any atom is -0.450 e. The molecule has 2 heterocycles. The van der Waals surface area contributed by atoms with E-state index < -0.39 is 23.6 Å². The van der Waals surface area contributed by atoms with Crippen molar-refractivity contribution in [2.45, 2.75) is 39.0 Å². The van der Waals surface area contributed by atoms with Crippen LogP contribution in [-0.4, -0.2) is 35.4 Å². The molecule has 3 rings (SSSR count). The van der Waals surface area contributed by atoms with Crippen molar-refractivity contribution in [3.8, 4) is 0 Å². The Labute approximate surface area is 132 Å². The average molecular weight is 320 g/mol. The van der Waals surface area contributed by atoms with E-state index in [1.54, 1.807) is 0 Å². The number of anilines is 1. The Hall–Kier alpha value is -2.44.